The number of nitrogens with zero attached hydrogens (tertiary/aromatic N) is 3. The van der Waals surface area contributed by atoms with Crippen molar-refractivity contribution in [1.29, 1.82) is 0 Å². The number of fused-ring (bicyclic) bond motifs is 1. The van der Waals surface area contributed by atoms with Gasteiger partial charge in [-0.3, -0.25) is 9.69 Å². The molecule has 1 amide bonds. The Morgan fingerprint density at radius 1 is 1.18 bits per heavy atom. The fourth-order valence-electron chi connectivity index (χ4n) is 4.05. The molecule has 2 aromatic rings. The summed E-state index contributed by atoms with van der Waals surface area (Å²) in [6.45, 7) is 7.89. The average molecular weight is 404 g/mol. The molecule has 152 valence electrons. The molecular formula is C21H30ClN5O. The molecule has 1 aromatic carbocycles. The van der Waals surface area contributed by atoms with Crippen LogP contribution in [0.1, 0.15) is 40.7 Å². The fourth-order valence-corrected chi connectivity index (χ4v) is 4.05. The summed E-state index contributed by atoms with van der Waals surface area (Å²) in [5.41, 5.74) is 5.31. The van der Waals surface area contributed by atoms with Crippen molar-refractivity contribution < 1.29 is 4.79 Å². The van der Waals surface area contributed by atoms with Gasteiger partial charge in [0.15, 0.2) is 5.69 Å². The topological polar surface area (TPSA) is 62.2 Å². The molecule has 0 atom stereocenters. The van der Waals surface area contributed by atoms with Crippen molar-refractivity contribution in [3.8, 4) is 5.69 Å². The first-order valence-corrected chi connectivity index (χ1v) is 10.2. The molecule has 1 fully saturated rings. The summed E-state index contributed by atoms with van der Waals surface area (Å²) in [7, 11) is 0. The zero-order chi connectivity index (χ0) is 18.6. The second-order valence-electron chi connectivity index (χ2n) is 7.41. The summed E-state index contributed by atoms with van der Waals surface area (Å²) in [5, 5.41) is 11.1. The number of carbonyl (C=O) groups excluding carboxylic acids is 1. The zero-order valence-electron chi connectivity index (χ0n) is 16.5. The molecule has 2 heterocycles. The van der Waals surface area contributed by atoms with E-state index in [0.717, 1.165) is 69.7 Å². The van der Waals surface area contributed by atoms with Crippen LogP contribution in [0.25, 0.3) is 5.69 Å². The number of benzene rings is 1. The Morgan fingerprint density at radius 2 is 1.93 bits per heavy atom. The Bertz CT molecular complexity index is 796. The van der Waals surface area contributed by atoms with Crippen LogP contribution in [0.3, 0.4) is 0 Å². The van der Waals surface area contributed by atoms with Gasteiger partial charge in [-0.25, -0.2) is 4.68 Å². The Kier molecular flexibility index (Phi) is 7.10. The third-order valence-electron chi connectivity index (χ3n) is 5.66. The highest BCUT2D eigenvalue weighted by atomic mass is 35.5. The van der Waals surface area contributed by atoms with Crippen LogP contribution in [-0.4, -0.2) is 59.9 Å². The second-order valence-corrected chi connectivity index (χ2v) is 7.41. The smallest absolute Gasteiger partial charge is 0.272 e. The zero-order valence-corrected chi connectivity index (χ0v) is 17.4. The lowest BCUT2D eigenvalue weighted by molar-refractivity contribution is 0.0941. The van der Waals surface area contributed by atoms with Gasteiger partial charge in [-0.1, -0.05) is 19.1 Å². The van der Waals surface area contributed by atoms with E-state index < -0.39 is 0 Å². The van der Waals surface area contributed by atoms with E-state index in [2.05, 4.69) is 46.7 Å². The molecule has 7 heteroatoms. The van der Waals surface area contributed by atoms with Crippen molar-refractivity contribution in [2.75, 3.05) is 39.3 Å². The quantitative estimate of drug-likeness (QED) is 0.774. The lowest BCUT2D eigenvalue weighted by Crippen LogP contribution is -2.46. The molecule has 1 aromatic heterocycles. The second kappa shape index (κ2) is 9.54. The van der Waals surface area contributed by atoms with Crippen molar-refractivity contribution in [3.63, 3.8) is 0 Å². The summed E-state index contributed by atoms with van der Waals surface area (Å²) in [4.78, 5) is 15.2. The number of halogens is 1. The van der Waals surface area contributed by atoms with Gasteiger partial charge in [0.2, 0.25) is 0 Å². The van der Waals surface area contributed by atoms with Gasteiger partial charge >= 0.3 is 0 Å². The number of carbonyl (C=O) groups is 1. The highest BCUT2D eigenvalue weighted by Crippen LogP contribution is 2.28. The maximum atomic E-state index is 12.8. The molecule has 2 aliphatic rings. The van der Waals surface area contributed by atoms with Crippen LogP contribution in [0.2, 0.25) is 0 Å². The molecule has 0 spiro atoms. The first-order chi connectivity index (χ1) is 13.3. The highest BCUT2D eigenvalue weighted by molar-refractivity contribution is 5.94. The van der Waals surface area contributed by atoms with Crippen LogP contribution >= 0.6 is 12.4 Å². The molecule has 0 radical (unpaired) electrons. The van der Waals surface area contributed by atoms with Gasteiger partial charge in [-0.2, -0.15) is 5.10 Å². The molecule has 0 unspecified atom stereocenters. The third kappa shape index (κ3) is 4.40. The SMILES string of the molecule is CCc1ccc(-n2nc(C(=O)NCCN3CCNCC3)c3c2CCC3)cc1.Cl. The van der Waals surface area contributed by atoms with Crippen LogP contribution in [0.4, 0.5) is 0 Å². The molecular weight excluding hydrogens is 374 g/mol. The van der Waals surface area contributed by atoms with E-state index >= 15 is 0 Å². The Hall–Kier alpha value is -1.89. The number of piperazine rings is 1. The molecule has 6 nitrogen and oxygen atoms in total. The molecule has 1 aliphatic carbocycles. The predicted molar refractivity (Wildman–Crippen MR) is 114 cm³/mol. The van der Waals surface area contributed by atoms with E-state index in [1.165, 1.54) is 11.3 Å². The van der Waals surface area contributed by atoms with Crippen LogP contribution in [-0.2, 0) is 19.3 Å². The number of amides is 1. The fraction of sp³-hybridized carbons (Fsp3) is 0.524. The van der Waals surface area contributed by atoms with Gasteiger partial charge < -0.3 is 10.6 Å². The molecule has 0 saturated carbocycles. The van der Waals surface area contributed by atoms with Crippen molar-refractivity contribution in [3.05, 3.63) is 46.8 Å². The van der Waals surface area contributed by atoms with E-state index in [-0.39, 0.29) is 18.3 Å². The predicted octanol–water partition coefficient (Wildman–Crippen LogP) is 1.98. The summed E-state index contributed by atoms with van der Waals surface area (Å²) >= 11 is 0. The van der Waals surface area contributed by atoms with Gasteiger partial charge in [-0.15, -0.1) is 12.4 Å². The van der Waals surface area contributed by atoms with E-state index in [9.17, 15) is 4.79 Å². The molecule has 28 heavy (non-hydrogen) atoms. The standard InChI is InChI=1S/C21H29N5O.ClH/c1-2-16-6-8-17(9-7-16)26-19-5-3-4-18(19)20(24-26)21(27)23-12-15-25-13-10-22-11-14-25;/h6-9,22H,2-5,10-15H2,1H3,(H,23,27);1H. The van der Waals surface area contributed by atoms with E-state index in [0.29, 0.717) is 12.2 Å². The summed E-state index contributed by atoms with van der Waals surface area (Å²) in [6, 6.07) is 8.50. The summed E-state index contributed by atoms with van der Waals surface area (Å²) < 4.78 is 1.98. The minimum absolute atomic E-state index is 0. The average Bonchev–Trinajstić information content (AvgIpc) is 3.31. The van der Waals surface area contributed by atoms with E-state index in [4.69, 9.17) is 5.10 Å². The van der Waals surface area contributed by atoms with Crippen molar-refractivity contribution in [2.24, 2.45) is 0 Å². The minimum atomic E-state index is -0.0350. The number of aromatic nitrogens is 2. The van der Waals surface area contributed by atoms with Crippen LogP contribution in [0.15, 0.2) is 24.3 Å². The van der Waals surface area contributed by atoms with Crippen molar-refractivity contribution >= 4 is 18.3 Å². The lowest BCUT2D eigenvalue weighted by Gasteiger charge is -2.27. The number of hydrogen-bond donors (Lipinski definition) is 2. The normalized spacial score (nSPS) is 16.5. The Balaban J connectivity index is 0.00000225. The number of hydrogen-bond acceptors (Lipinski definition) is 4. The van der Waals surface area contributed by atoms with Crippen LogP contribution in [0, 0.1) is 0 Å². The minimum Gasteiger partial charge on any atom is -0.349 e. The van der Waals surface area contributed by atoms with Gasteiger partial charge in [-0.05, 0) is 43.4 Å². The first-order valence-electron chi connectivity index (χ1n) is 10.2. The highest BCUT2D eigenvalue weighted by Gasteiger charge is 2.26. The van der Waals surface area contributed by atoms with Crippen LogP contribution < -0.4 is 10.6 Å². The van der Waals surface area contributed by atoms with Gasteiger partial charge in [0.1, 0.15) is 0 Å². The maximum Gasteiger partial charge on any atom is 0.272 e. The lowest BCUT2D eigenvalue weighted by atomic mass is 10.1. The monoisotopic (exact) mass is 403 g/mol. The Morgan fingerprint density at radius 3 is 2.64 bits per heavy atom. The van der Waals surface area contributed by atoms with Crippen molar-refractivity contribution in [1.82, 2.24) is 25.3 Å². The number of rotatable bonds is 6. The molecule has 0 bridgehead atoms. The summed E-state index contributed by atoms with van der Waals surface area (Å²) in [6.07, 6.45) is 4.06. The van der Waals surface area contributed by atoms with Gasteiger partial charge in [0.05, 0.1) is 5.69 Å². The number of nitrogens with one attached hydrogen (secondary N) is 2. The third-order valence-corrected chi connectivity index (χ3v) is 5.66. The molecule has 2 N–H and O–H groups in total. The van der Waals surface area contributed by atoms with E-state index in [1.807, 2.05) is 4.68 Å². The summed E-state index contributed by atoms with van der Waals surface area (Å²) in [5.74, 6) is -0.0350. The van der Waals surface area contributed by atoms with Crippen LogP contribution in [0.5, 0.6) is 0 Å². The molecule has 1 aliphatic heterocycles. The maximum absolute atomic E-state index is 12.8. The number of aryl methyl sites for hydroxylation is 1. The largest absolute Gasteiger partial charge is 0.349 e. The van der Waals surface area contributed by atoms with E-state index in [1.54, 1.807) is 0 Å². The Labute approximate surface area is 173 Å². The van der Waals surface area contributed by atoms with Crippen molar-refractivity contribution in [2.45, 2.75) is 32.6 Å². The molecule has 4 rings (SSSR count). The first kappa shape index (κ1) is 20.8. The van der Waals surface area contributed by atoms with Gasteiger partial charge in [0, 0.05) is 50.5 Å². The van der Waals surface area contributed by atoms with Gasteiger partial charge in [0.25, 0.3) is 5.91 Å². The molecule has 1 saturated heterocycles.